The highest BCUT2D eigenvalue weighted by molar-refractivity contribution is 5.76. The van der Waals surface area contributed by atoms with Gasteiger partial charge in [-0.05, 0) is 33.0 Å². The van der Waals surface area contributed by atoms with Gasteiger partial charge in [0.05, 0.1) is 18.3 Å². The van der Waals surface area contributed by atoms with Crippen molar-refractivity contribution in [1.29, 1.82) is 0 Å². The van der Waals surface area contributed by atoms with Crippen LogP contribution < -0.4 is 0 Å². The fourth-order valence-electron chi connectivity index (χ4n) is 2.58. The molecule has 2 rings (SSSR count). The average Bonchev–Trinajstić information content (AvgIpc) is 2.84. The molecule has 2 heterocycles. The second-order valence-electron chi connectivity index (χ2n) is 5.74. The first kappa shape index (κ1) is 14.0. The van der Waals surface area contributed by atoms with Gasteiger partial charge in [0.1, 0.15) is 6.54 Å². The Bertz CT molecular complexity index is 457. The molecule has 1 aromatic rings. The van der Waals surface area contributed by atoms with E-state index in [-0.39, 0.29) is 12.5 Å². The standard InChI is InChI=1S/C13H22N4O2/c1-11-6-14-17(7-11)8-12(18)16-5-4-13(19,10-16)9-15(2)3/h6-7,19H,4-5,8-10H2,1-3H3. The van der Waals surface area contributed by atoms with Crippen LogP contribution in [0.15, 0.2) is 12.4 Å². The van der Waals surface area contributed by atoms with Crippen molar-refractivity contribution in [2.45, 2.75) is 25.5 Å². The third-order valence-corrected chi connectivity index (χ3v) is 3.36. The van der Waals surface area contributed by atoms with Crippen molar-refractivity contribution < 1.29 is 9.90 Å². The lowest BCUT2D eigenvalue weighted by Crippen LogP contribution is -2.44. The van der Waals surface area contributed by atoms with E-state index in [1.54, 1.807) is 15.8 Å². The molecule has 1 aliphatic rings. The molecule has 19 heavy (non-hydrogen) atoms. The molecular formula is C13H22N4O2. The molecule has 1 amide bonds. The molecule has 0 aliphatic carbocycles. The molecule has 1 N–H and O–H groups in total. The summed E-state index contributed by atoms with van der Waals surface area (Å²) in [6.45, 7) is 3.79. The highest BCUT2D eigenvalue weighted by atomic mass is 16.3. The normalized spacial score (nSPS) is 23.3. The molecule has 1 fully saturated rings. The maximum atomic E-state index is 12.1. The summed E-state index contributed by atoms with van der Waals surface area (Å²) in [5.74, 6) is 0.0118. The number of likely N-dealkylation sites (tertiary alicyclic amines) is 1. The van der Waals surface area contributed by atoms with E-state index >= 15 is 0 Å². The zero-order valence-corrected chi connectivity index (χ0v) is 11.8. The van der Waals surface area contributed by atoms with Crippen LogP contribution in [0.5, 0.6) is 0 Å². The topological polar surface area (TPSA) is 61.6 Å². The van der Waals surface area contributed by atoms with Crippen molar-refractivity contribution in [1.82, 2.24) is 19.6 Å². The van der Waals surface area contributed by atoms with Crippen LogP contribution >= 0.6 is 0 Å². The largest absolute Gasteiger partial charge is 0.387 e. The summed E-state index contributed by atoms with van der Waals surface area (Å²) in [4.78, 5) is 15.8. The van der Waals surface area contributed by atoms with Crippen LogP contribution in [0.25, 0.3) is 0 Å². The SMILES string of the molecule is Cc1cnn(CC(=O)N2CCC(O)(CN(C)C)C2)c1. The van der Waals surface area contributed by atoms with E-state index in [1.165, 1.54) is 0 Å². The Hall–Kier alpha value is -1.40. The summed E-state index contributed by atoms with van der Waals surface area (Å²) in [6.07, 6.45) is 4.22. The number of amides is 1. The van der Waals surface area contributed by atoms with Crippen LogP contribution in [-0.2, 0) is 11.3 Å². The van der Waals surface area contributed by atoms with E-state index in [0.717, 1.165) is 5.56 Å². The summed E-state index contributed by atoms with van der Waals surface area (Å²) in [7, 11) is 3.85. The van der Waals surface area contributed by atoms with Gasteiger partial charge >= 0.3 is 0 Å². The predicted molar refractivity (Wildman–Crippen MR) is 71.7 cm³/mol. The number of β-amino-alcohol motifs (C(OH)–C–C–N with tert-alkyl or cyclic N) is 1. The fraction of sp³-hybridized carbons (Fsp3) is 0.692. The van der Waals surface area contributed by atoms with Crippen molar-refractivity contribution in [2.75, 3.05) is 33.7 Å². The lowest BCUT2D eigenvalue weighted by Gasteiger charge is -2.26. The highest BCUT2D eigenvalue weighted by Crippen LogP contribution is 2.22. The third-order valence-electron chi connectivity index (χ3n) is 3.36. The van der Waals surface area contributed by atoms with Gasteiger partial charge in [0.25, 0.3) is 0 Å². The number of aliphatic hydroxyl groups is 1. The summed E-state index contributed by atoms with van der Waals surface area (Å²) in [5.41, 5.74) is 0.262. The molecule has 0 bridgehead atoms. The molecule has 1 saturated heterocycles. The molecule has 1 aliphatic heterocycles. The Labute approximate surface area is 113 Å². The first-order chi connectivity index (χ1) is 8.88. The summed E-state index contributed by atoms with van der Waals surface area (Å²) in [5, 5.41) is 14.5. The second kappa shape index (κ2) is 5.30. The smallest absolute Gasteiger partial charge is 0.244 e. The Balaban J connectivity index is 1.91. The lowest BCUT2D eigenvalue weighted by molar-refractivity contribution is -0.132. The van der Waals surface area contributed by atoms with E-state index in [0.29, 0.717) is 26.1 Å². The number of carbonyl (C=O) groups is 1. The van der Waals surface area contributed by atoms with Crippen LogP contribution in [0.3, 0.4) is 0 Å². The minimum Gasteiger partial charge on any atom is -0.387 e. The summed E-state index contributed by atoms with van der Waals surface area (Å²) >= 11 is 0. The molecule has 1 atom stereocenters. The number of hydrogen-bond donors (Lipinski definition) is 1. The summed E-state index contributed by atoms with van der Waals surface area (Å²) in [6, 6.07) is 0. The van der Waals surface area contributed by atoms with Gasteiger partial charge in [-0.15, -0.1) is 0 Å². The number of aromatic nitrogens is 2. The van der Waals surface area contributed by atoms with E-state index in [2.05, 4.69) is 5.10 Å². The van der Waals surface area contributed by atoms with Crippen LogP contribution in [0.4, 0.5) is 0 Å². The molecular weight excluding hydrogens is 244 g/mol. The van der Waals surface area contributed by atoms with E-state index < -0.39 is 5.60 Å². The number of likely N-dealkylation sites (N-methyl/N-ethyl adjacent to an activating group) is 1. The minimum absolute atomic E-state index is 0.0118. The number of rotatable bonds is 4. The van der Waals surface area contributed by atoms with Gasteiger partial charge in [-0.2, -0.15) is 5.10 Å². The van der Waals surface area contributed by atoms with Crippen LogP contribution in [0.1, 0.15) is 12.0 Å². The van der Waals surface area contributed by atoms with Crippen molar-refractivity contribution in [3.8, 4) is 0 Å². The number of hydrogen-bond acceptors (Lipinski definition) is 4. The molecule has 6 nitrogen and oxygen atoms in total. The van der Waals surface area contributed by atoms with Gasteiger partial charge in [0, 0.05) is 19.3 Å². The van der Waals surface area contributed by atoms with Crippen LogP contribution in [0.2, 0.25) is 0 Å². The molecule has 106 valence electrons. The van der Waals surface area contributed by atoms with Gasteiger partial charge in [-0.1, -0.05) is 0 Å². The minimum atomic E-state index is -0.779. The molecule has 1 aromatic heterocycles. The maximum Gasteiger partial charge on any atom is 0.244 e. The first-order valence-corrected chi connectivity index (χ1v) is 6.52. The van der Waals surface area contributed by atoms with Gasteiger partial charge < -0.3 is 14.9 Å². The van der Waals surface area contributed by atoms with Crippen molar-refractivity contribution in [2.24, 2.45) is 0 Å². The highest BCUT2D eigenvalue weighted by Gasteiger charge is 2.38. The van der Waals surface area contributed by atoms with Crippen LogP contribution in [0, 0.1) is 6.92 Å². The van der Waals surface area contributed by atoms with Gasteiger partial charge in [-0.25, -0.2) is 0 Å². The van der Waals surface area contributed by atoms with Crippen molar-refractivity contribution >= 4 is 5.91 Å². The average molecular weight is 266 g/mol. The molecule has 0 radical (unpaired) electrons. The Morgan fingerprint density at radius 1 is 1.58 bits per heavy atom. The number of carbonyl (C=O) groups excluding carboxylic acids is 1. The number of nitrogens with zero attached hydrogens (tertiary/aromatic N) is 4. The van der Waals surface area contributed by atoms with E-state index in [9.17, 15) is 9.90 Å². The quantitative estimate of drug-likeness (QED) is 0.814. The monoisotopic (exact) mass is 266 g/mol. The zero-order valence-electron chi connectivity index (χ0n) is 11.8. The Morgan fingerprint density at radius 3 is 2.89 bits per heavy atom. The van der Waals surface area contributed by atoms with Crippen molar-refractivity contribution in [3.05, 3.63) is 18.0 Å². The molecule has 1 unspecified atom stereocenters. The third kappa shape index (κ3) is 3.54. The van der Waals surface area contributed by atoms with E-state index in [1.807, 2.05) is 32.1 Å². The molecule has 0 spiro atoms. The Morgan fingerprint density at radius 2 is 2.32 bits per heavy atom. The first-order valence-electron chi connectivity index (χ1n) is 6.52. The Kier molecular flexibility index (Phi) is 3.91. The van der Waals surface area contributed by atoms with Gasteiger partial charge in [0.2, 0.25) is 5.91 Å². The van der Waals surface area contributed by atoms with Gasteiger partial charge in [0.15, 0.2) is 0 Å². The number of aryl methyl sites for hydroxylation is 1. The second-order valence-corrected chi connectivity index (χ2v) is 5.74. The lowest BCUT2D eigenvalue weighted by atomic mass is 10.0. The molecule has 0 saturated carbocycles. The van der Waals surface area contributed by atoms with E-state index in [4.69, 9.17) is 0 Å². The zero-order chi connectivity index (χ0) is 14.0. The molecule has 0 aromatic carbocycles. The maximum absolute atomic E-state index is 12.1. The van der Waals surface area contributed by atoms with Crippen LogP contribution in [-0.4, -0.2) is 69.9 Å². The van der Waals surface area contributed by atoms with Crippen molar-refractivity contribution in [3.63, 3.8) is 0 Å². The predicted octanol–water partition coefficient (Wildman–Crippen LogP) is -0.283. The molecule has 6 heteroatoms. The summed E-state index contributed by atoms with van der Waals surface area (Å²) < 4.78 is 1.64. The van der Waals surface area contributed by atoms with Gasteiger partial charge in [-0.3, -0.25) is 9.48 Å². The fourth-order valence-corrected chi connectivity index (χ4v) is 2.58.